The van der Waals surface area contributed by atoms with E-state index in [1.807, 2.05) is 0 Å². The van der Waals surface area contributed by atoms with E-state index in [4.69, 9.17) is 5.11 Å². The van der Waals surface area contributed by atoms with Crippen LogP contribution in [0.1, 0.15) is 20.3 Å². The summed E-state index contributed by atoms with van der Waals surface area (Å²) < 4.78 is 0. The maximum atomic E-state index is 10.8. The highest BCUT2D eigenvalue weighted by Crippen LogP contribution is 2.15. The van der Waals surface area contributed by atoms with Crippen LogP contribution in [0.3, 0.4) is 0 Å². The third kappa shape index (κ3) is 2.69. The van der Waals surface area contributed by atoms with Crippen molar-refractivity contribution < 1.29 is 9.90 Å². The van der Waals surface area contributed by atoms with E-state index in [0.717, 1.165) is 26.1 Å². The van der Waals surface area contributed by atoms with Gasteiger partial charge in [0.2, 0.25) is 0 Å². The molecule has 0 bridgehead atoms. The normalized spacial score (nSPS) is 27.9. The predicted octanol–water partition coefficient (Wildman–Crippen LogP) is 0.391. The Labute approximate surface area is 85.3 Å². The Balaban J connectivity index is 2.50. The second-order valence-electron chi connectivity index (χ2n) is 3.80. The molecule has 0 unspecified atom stereocenters. The third-order valence-electron chi connectivity index (χ3n) is 3.01. The first-order valence-corrected chi connectivity index (χ1v) is 5.36. The Hall–Kier alpha value is -0.610. The number of rotatable bonds is 4. The molecule has 1 fully saturated rings. The highest BCUT2D eigenvalue weighted by atomic mass is 16.4. The number of hydrogen-bond acceptors (Lipinski definition) is 3. The Bertz CT molecular complexity index is 193. The van der Waals surface area contributed by atoms with Crippen molar-refractivity contribution in [2.24, 2.45) is 5.92 Å². The lowest BCUT2D eigenvalue weighted by molar-refractivity contribution is -0.142. The standard InChI is InChI=1S/C10H20N2O2/c1-3-12(4-2)9-5-8(10(13)14)6-11-7-9/h8-9,11H,3-7H2,1-2H3,(H,13,14)/t8-,9+/m0/s1. The van der Waals surface area contributed by atoms with Crippen molar-refractivity contribution in [3.63, 3.8) is 0 Å². The van der Waals surface area contributed by atoms with Gasteiger partial charge >= 0.3 is 5.97 Å². The summed E-state index contributed by atoms with van der Waals surface area (Å²) in [5.74, 6) is -0.885. The molecule has 14 heavy (non-hydrogen) atoms. The Kier molecular flexibility index (Phi) is 4.35. The SMILES string of the molecule is CCN(CC)[C@H]1CNC[C@@H](C(=O)O)C1. The fraction of sp³-hybridized carbons (Fsp3) is 0.900. The summed E-state index contributed by atoms with van der Waals surface area (Å²) in [5.41, 5.74) is 0. The maximum Gasteiger partial charge on any atom is 0.307 e. The molecular formula is C10H20N2O2. The number of carboxylic acids is 1. The summed E-state index contributed by atoms with van der Waals surface area (Å²) in [5, 5.41) is 12.1. The Morgan fingerprint density at radius 3 is 2.57 bits per heavy atom. The largest absolute Gasteiger partial charge is 0.481 e. The molecule has 0 spiro atoms. The van der Waals surface area contributed by atoms with Gasteiger partial charge in [0.25, 0.3) is 0 Å². The van der Waals surface area contributed by atoms with E-state index < -0.39 is 5.97 Å². The van der Waals surface area contributed by atoms with Crippen LogP contribution in [0, 0.1) is 5.92 Å². The number of piperidine rings is 1. The lowest BCUT2D eigenvalue weighted by atomic mass is 9.95. The molecule has 1 aliphatic heterocycles. The van der Waals surface area contributed by atoms with E-state index in [1.54, 1.807) is 0 Å². The zero-order valence-electron chi connectivity index (χ0n) is 8.99. The molecule has 0 aliphatic carbocycles. The van der Waals surface area contributed by atoms with Gasteiger partial charge in [-0.25, -0.2) is 0 Å². The summed E-state index contributed by atoms with van der Waals surface area (Å²) in [6, 6.07) is 0.389. The zero-order chi connectivity index (χ0) is 10.6. The van der Waals surface area contributed by atoms with Gasteiger partial charge in [-0.3, -0.25) is 9.69 Å². The monoisotopic (exact) mass is 200 g/mol. The van der Waals surface area contributed by atoms with E-state index in [2.05, 4.69) is 24.1 Å². The average Bonchev–Trinajstić information content (AvgIpc) is 2.20. The van der Waals surface area contributed by atoms with Gasteiger partial charge in [0.15, 0.2) is 0 Å². The lowest BCUT2D eigenvalue weighted by Crippen LogP contribution is -2.50. The van der Waals surface area contributed by atoms with Crippen LogP contribution in [0.15, 0.2) is 0 Å². The number of hydrogen-bond donors (Lipinski definition) is 2. The fourth-order valence-corrected chi connectivity index (χ4v) is 2.13. The highest BCUT2D eigenvalue weighted by molar-refractivity contribution is 5.70. The van der Waals surface area contributed by atoms with E-state index >= 15 is 0 Å². The first-order valence-electron chi connectivity index (χ1n) is 5.36. The second kappa shape index (κ2) is 5.32. The van der Waals surface area contributed by atoms with Crippen LogP contribution in [-0.2, 0) is 4.79 Å². The van der Waals surface area contributed by atoms with Gasteiger partial charge in [0, 0.05) is 19.1 Å². The molecule has 0 aromatic rings. The lowest BCUT2D eigenvalue weighted by Gasteiger charge is -2.35. The van der Waals surface area contributed by atoms with Crippen molar-refractivity contribution in [2.75, 3.05) is 26.2 Å². The van der Waals surface area contributed by atoms with Crippen LogP contribution in [0.5, 0.6) is 0 Å². The van der Waals surface area contributed by atoms with E-state index in [1.165, 1.54) is 0 Å². The van der Waals surface area contributed by atoms with Crippen molar-refractivity contribution in [1.29, 1.82) is 0 Å². The fourth-order valence-electron chi connectivity index (χ4n) is 2.13. The molecule has 4 nitrogen and oxygen atoms in total. The predicted molar refractivity (Wildman–Crippen MR) is 55.3 cm³/mol. The van der Waals surface area contributed by atoms with Gasteiger partial charge in [-0.15, -0.1) is 0 Å². The van der Waals surface area contributed by atoms with Gasteiger partial charge in [-0.1, -0.05) is 13.8 Å². The third-order valence-corrected chi connectivity index (χ3v) is 3.01. The minimum Gasteiger partial charge on any atom is -0.481 e. The van der Waals surface area contributed by atoms with E-state index in [9.17, 15) is 4.79 Å². The molecule has 0 amide bonds. The summed E-state index contributed by atoms with van der Waals surface area (Å²) in [6.45, 7) is 7.77. The van der Waals surface area contributed by atoms with Crippen molar-refractivity contribution in [3.8, 4) is 0 Å². The van der Waals surface area contributed by atoms with Gasteiger partial charge in [0.05, 0.1) is 5.92 Å². The number of aliphatic carboxylic acids is 1. The molecule has 0 radical (unpaired) electrons. The second-order valence-corrected chi connectivity index (χ2v) is 3.80. The Morgan fingerprint density at radius 1 is 1.43 bits per heavy atom. The molecule has 2 N–H and O–H groups in total. The van der Waals surface area contributed by atoms with Crippen LogP contribution in [0.25, 0.3) is 0 Å². The van der Waals surface area contributed by atoms with Gasteiger partial charge in [-0.05, 0) is 19.5 Å². The molecule has 1 rings (SSSR count). The maximum absolute atomic E-state index is 10.8. The summed E-state index contributed by atoms with van der Waals surface area (Å²) in [4.78, 5) is 13.2. The molecule has 0 aromatic heterocycles. The van der Waals surface area contributed by atoms with Gasteiger partial charge in [0.1, 0.15) is 0 Å². The van der Waals surface area contributed by atoms with Crippen LogP contribution < -0.4 is 5.32 Å². The smallest absolute Gasteiger partial charge is 0.307 e. The molecule has 1 saturated heterocycles. The van der Waals surface area contributed by atoms with Crippen LogP contribution >= 0.6 is 0 Å². The minimum atomic E-state index is -0.672. The molecule has 1 aliphatic rings. The zero-order valence-corrected chi connectivity index (χ0v) is 8.99. The molecular weight excluding hydrogens is 180 g/mol. The molecule has 0 saturated carbocycles. The topological polar surface area (TPSA) is 52.6 Å². The quantitative estimate of drug-likeness (QED) is 0.689. The summed E-state index contributed by atoms with van der Waals surface area (Å²) in [6.07, 6.45) is 0.782. The number of nitrogens with one attached hydrogen (secondary N) is 1. The highest BCUT2D eigenvalue weighted by Gasteiger charge is 2.28. The van der Waals surface area contributed by atoms with Crippen molar-refractivity contribution in [2.45, 2.75) is 26.3 Å². The number of likely N-dealkylation sites (N-methyl/N-ethyl adjacent to an activating group) is 1. The van der Waals surface area contributed by atoms with Gasteiger partial charge < -0.3 is 10.4 Å². The summed E-state index contributed by atoms with van der Waals surface area (Å²) >= 11 is 0. The first kappa shape index (κ1) is 11.5. The summed E-state index contributed by atoms with van der Waals surface area (Å²) in [7, 11) is 0. The molecule has 4 heteroatoms. The van der Waals surface area contributed by atoms with Crippen LogP contribution in [-0.4, -0.2) is 48.2 Å². The van der Waals surface area contributed by atoms with E-state index in [-0.39, 0.29) is 5.92 Å². The average molecular weight is 200 g/mol. The Morgan fingerprint density at radius 2 is 2.07 bits per heavy atom. The molecule has 82 valence electrons. The number of nitrogens with zero attached hydrogens (tertiary/aromatic N) is 1. The first-order chi connectivity index (χ1) is 6.69. The molecule has 1 heterocycles. The minimum absolute atomic E-state index is 0.214. The van der Waals surface area contributed by atoms with Crippen LogP contribution in [0.4, 0.5) is 0 Å². The van der Waals surface area contributed by atoms with Gasteiger partial charge in [-0.2, -0.15) is 0 Å². The molecule has 2 atom stereocenters. The van der Waals surface area contributed by atoms with Crippen LogP contribution in [0.2, 0.25) is 0 Å². The van der Waals surface area contributed by atoms with Crippen molar-refractivity contribution >= 4 is 5.97 Å². The van der Waals surface area contributed by atoms with Crippen molar-refractivity contribution in [3.05, 3.63) is 0 Å². The number of carboxylic acid groups (broad SMARTS) is 1. The van der Waals surface area contributed by atoms with E-state index in [0.29, 0.717) is 12.6 Å². The molecule has 0 aromatic carbocycles. The number of carbonyl (C=O) groups is 1. The van der Waals surface area contributed by atoms with Crippen molar-refractivity contribution in [1.82, 2.24) is 10.2 Å².